The Morgan fingerprint density at radius 3 is 2.57 bits per heavy atom. The summed E-state index contributed by atoms with van der Waals surface area (Å²) in [6, 6.07) is 8.54. The molecule has 0 bridgehead atoms. The van der Waals surface area contributed by atoms with E-state index in [0.29, 0.717) is 23.2 Å². The molecule has 1 aliphatic rings. The Balaban J connectivity index is 0.00000264. The van der Waals surface area contributed by atoms with Gasteiger partial charge in [-0.15, -0.1) is 0 Å². The molecule has 2 rings (SSSR count). The molecule has 124 valence electrons. The van der Waals surface area contributed by atoms with Crippen LogP contribution >= 0.6 is 0 Å². The summed E-state index contributed by atoms with van der Waals surface area (Å²) in [5.41, 5.74) is 4.01. The predicted octanol–water partition coefficient (Wildman–Crippen LogP) is 0.510. The van der Waals surface area contributed by atoms with Crippen molar-refractivity contribution in [3.05, 3.63) is 65.8 Å². The lowest BCUT2D eigenvalue weighted by Gasteiger charge is -2.40. The summed E-state index contributed by atoms with van der Waals surface area (Å²) in [6.07, 6.45) is 4.18. The zero-order valence-electron chi connectivity index (χ0n) is 14.0. The number of benzene rings is 1. The number of hydrogen-bond acceptors (Lipinski definition) is 2. The van der Waals surface area contributed by atoms with E-state index in [4.69, 9.17) is 4.74 Å². The zero-order valence-corrected chi connectivity index (χ0v) is 15.6. The van der Waals surface area contributed by atoms with Gasteiger partial charge in [0.1, 0.15) is 19.2 Å². The van der Waals surface area contributed by atoms with Crippen LogP contribution in [0.15, 0.2) is 54.6 Å². The Kier molecular flexibility index (Phi) is 6.54. The Morgan fingerprint density at radius 2 is 1.91 bits per heavy atom. The van der Waals surface area contributed by atoms with E-state index in [9.17, 15) is 4.79 Å². The highest BCUT2D eigenvalue weighted by atomic mass is 79.9. The number of esters is 1. The molecule has 23 heavy (non-hydrogen) atoms. The third-order valence-corrected chi connectivity index (χ3v) is 4.07. The third kappa shape index (κ3) is 4.43. The van der Waals surface area contributed by atoms with Crippen molar-refractivity contribution < 1.29 is 31.0 Å². The number of rotatable bonds is 5. The first-order chi connectivity index (χ1) is 10.3. The maximum Gasteiger partial charge on any atom is 0.333 e. The molecule has 4 heteroatoms. The van der Waals surface area contributed by atoms with E-state index in [1.54, 1.807) is 6.92 Å². The summed E-state index contributed by atoms with van der Waals surface area (Å²) in [5, 5.41) is 0. The van der Waals surface area contributed by atoms with Crippen LogP contribution in [0.25, 0.3) is 6.08 Å². The molecule has 0 heterocycles. The third-order valence-electron chi connectivity index (χ3n) is 4.07. The standard InChI is InChI=1S/C19H24NO2.BrH/c1-14(2)19(21)22-13-12-20(4,5)18-15(3)10-11-16-8-6-7-9-17(16)18;/h6-11,18H,1,3,12-13H2,2,4-5H3;1H/q+1;/p-1. The van der Waals surface area contributed by atoms with Crippen molar-refractivity contribution in [2.24, 2.45) is 0 Å². The fourth-order valence-electron chi connectivity index (χ4n) is 2.85. The first-order valence-corrected chi connectivity index (χ1v) is 7.44. The van der Waals surface area contributed by atoms with Crippen molar-refractivity contribution in [3.8, 4) is 0 Å². The van der Waals surface area contributed by atoms with Crippen molar-refractivity contribution >= 4 is 12.0 Å². The summed E-state index contributed by atoms with van der Waals surface area (Å²) >= 11 is 0. The quantitative estimate of drug-likeness (QED) is 0.424. The van der Waals surface area contributed by atoms with E-state index in [1.807, 2.05) is 6.07 Å². The normalized spacial score (nSPS) is 16.3. The molecule has 0 amide bonds. The fourth-order valence-corrected chi connectivity index (χ4v) is 2.85. The number of carbonyl (C=O) groups excluding carboxylic acids is 1. The minimum Gasteiger partial charge on any atom is -1.00 e. The first kappa shape index (κ1) is 19.4. The van der Waals surface area contributed by atoms with Gasteiger partial charge in [-0.25, -0.2) is 4.79 Å². The minimum atomic E-state index is -0.331. The largest absolute Gasteiger partial charge is 1.00 e. The molecule has 1 atom stereocenters. The fraction of sp³-hybridized carbons (Fsp3) is 0.316. The van der Waals surface area contributed by atoms with Gasteiger partial charge in [0, 0.05) is 16.7 Å². The molecular weight excluding hydrogens is 354 g/mol. The Bertz CT molecular complexity index is 647. The van der Waals surface area contributed by atoms with Crippen molar-refractivity contribution in [3.63, 3.8) is 0 Å². The lowest BCUT2D eigenvalue weighted by atomic mass is 9.87. The maximum atomic E-state index is 11.5. The van der Waals surface area contributed by atoms with Crippen molar-refractivity contribution in [2.45, 2.75) is 13.0 Å². The van der Waals surface area contributed by atoms with Gasteiger partial charge < -0.3 is 26.2 Å². The number of hydrogen-bond donors (Lipinski definition) is 0. The van der Waals surface area contributed by atoms with Crippen LogP contribution in [-0.2, 0) is 9.53 Å². The molecule has 1 aliphatic carbocycles. The highest BCUT2D eigenvalue weighted by molar-refractivity contribution is 5.86. The molecule has 0 spiro atoms. The highest BCUT2D eigenvalue weighted by Gasteiger charge is 2.34. The molecule has 0 aliphatic heterocycles. The van der Waals surface area contributed by atoms with Crippen LogP contribution in [0.2, 0.25) is 0 Å². The van der Waals surface area contributed by atoms with Gasteiger partial charge in [-0.2, -0.15) is 0 Å². The Hall–Kier alpha value is -1.65. The average Bonchev–Trinajstić information content (AvgIpc) is 2.46. The second-order valence-electron chi connectivity index (χ2n) is 6.36. The smallest absolute Gasteiger partial charge is 0.333 e. The molecule has 1 unspecified atom stereocenters. The Labute approximate surface area is 149 Å². The van der Waals surface area contributed by atoms with Gasteiger partial charge in [0.25, 0.3) is 0 Å². The Morgan fingerprint density at radius 1 is 1.26 bits per heavy atom. The lowest BCUT2D eigenvalue weighted by molar-refractivity contribution is -0.915. The summed E-state index contributed by atoms with van der Waals surface area (Å²) in [4.78, 5) is 11.5. The summed E-state index contributed by atoms with van der Waals surface area (Å²) in [6.45, 7) is 10.5. The van der Waals surface area contributed by atoms with E-state index in [2.05, 4.69) is 57.6 Å². The van der Waals surface area contributed by atoms with Crippen LogP contribution in [0.3, 0.4) is 0 Å². The number of halogens is 1. The van der Waals surface area contributed by atoms with Crippen LogP contribution in [0, 0.1) is 0 Å². The molecule has 0 fully saturated rings. The van der Waals surface area contributed by atoms with Crippen LogP contribution in [0.4, 0.5) is 0 Å². The monoisotopic (exact) mass is 377 g/mol. The maximum absolute atomic E-state index is 11.5. The van der Waals surface area contributed by atoms with E-state index < -0.39 is 0 Å². The second kappa shape index (κ2) is 7.75. The van der Waals surface area contributed by atoms with Crippen molar-refractivity contribution in [2.75, 3.05) is 27.2 Å². The van der Waals surface area contributed by atoms with Gasteiger partial charge in [0.2, 0.25) is 0 Å². The van der Waals surface area contributed by atoms with E-state index in [0.717, 1.165) is 5.57 Å². The number of carbonyl (C=O) groups is 1. The number of ether oxygens (including phenoxy) is 1. The average molecular weight is 378 g/mol. The highest BCUT2D eigenvalue weighted by Crippen LogP contribution is 2.38. The van der Waals surface area contributed by atoms with E-state index in [-0.39, 0.29) is 29.0 Å². The zero-order chi connectivity index (χ0) is 16.3. The van der Waals surface area contributed by atoms with Gasteiger partial charge >= 0.3 is 5.97 Å². The summed E-state index contributed by atoms with van der Waals surface area (Å²) in [5.74, 6) is -0.331. The molecule has 0 radical (unpaired) electrons. The first-order valence-electron chi connectivity index (χ1n) is 7.44. The van der Waals surface area contributed by atoms with Gasteiger partial charge in [-0.3, -0.25) is 0 Å². The van der Waals surface area contributed by atoms with Gasteiger partial charge in [-0.1, -0.05) is 49.6 Å². The van der Waals surface area contributed by atoms with Gasteiger partial charge in [-0.05, 0) is 12.5 Å². The second-order valence-corrected chi connectivity index (χ2v) is 6.36. The van der Waals surface area contributed by atoms with Crippen molar-refractivity contribution in [1.82, 2.24) is 0 Å². The topological polar surface area (TPSA) is 26.3 Å². The van der Waals surface area contributed by atoms with E-state index >= 15 is 0 Å². The van der Waals surface area contributed by atoms with Crippen LogP contribution in [-0.4, -0.2) is 37.7 Å². The summed E-state index contributed by atoms with van der Waals surface area (Å²) < 4.78 is 5.94. The summed E-state index contributed by atoms with van der Waals surface area (Å²) in [7, 11) is 4.28. The lowest BCUT2D eigenvalue weighted by Crippen LogP contribution is -3.00. The van der Waals surface area contributed by atoms with Crippen LogP contribution in [0.1, 0.15) is 24.1 Å². The van der Waals surface area contributed by atoms with E-state index in [1.165, 1.54) is 11.1 Å². The number of quaternary nitrogens is 1. The molecular formula is C19H24BrNO2. The molecule has 0 saturated heterocycles. The minimum absolute atomic E-state index is 0. The molecule has 0 saturated carbocycles. The molecule has 0 N–H and O–H groups in total. The number of likely N-dealkylation sites (N-methyl/N-ethyl adjacent to an activating group) is 1. The predicted molar refractivity (Wildman–Crippen MR) is 90.1 cm³/mol. The van der Waals surface area contributed by atoms with Gasteiger partial charge in [0.05, 0.1) is 14.1 Å². The SMILES string of the molecule is C=C(C)C(=O)OCC[N+](C)(C)C1C(=C)C=Cc2ccccc21.[Br-]. The molecule has 1 aromatic carbocycles. The number of nitrogens with zero attached hydrogens (tertiary/aromatic N) is 1. The van der Waals surface area contributed by atoms with Crippen LogP contribution < -0.4 is 17.0 Å². The molecule has 3 nitrogen and oxygen atoms in total. The van der Waals surface area contributed by atoms with Crippen LogP contribution in [0.5, 0.6) is 0 Å². The van der Waals surface area contributed by atoms with Gasteiger partial charge in [0.15, 0.2) is 0 Å². The molecule has 0 aromatic heterocycles. The van der Waals surface area contributed by atoms with Crippen molar-refractivity contribution in [1.29, 1.82) is 0 Å². The molecule has 1 aromatic rings. The number of fused-ring (bicyclic) bond motifs is 1.